The van der Waals surface area contributed by atoms with Crippen LogP contribution in [-0.4, -0.2) is 25.3 Å². The molecule has 1 atom stereocenters. The Morgan fingerprint density at radius 3 is 3.00 bits per heavy atom. The minimum atomic E-state index is 0.239. The van der Waals surface area contributed by atoms with E-state index in [0.29, 0.717) is 5.92 Å². The Kier molecular flexibility index (Phi) is 2.46. The van der Waals surface area contributed by atoms with Crippen molar-refractivity contribution in [1.29, 1.82) is 0 Å². The molecule has 14 heavy (non-hydrogen) atoms. The summed E-state index contributed by atoms with van der Waals surface area (Å²) >= 11 is 0. The van der Waals surface area contributed by atoms with Gasteiger partial charge >= 0.3 is 0 Å². The Morgan fingerprint density at radius 2 is 2.29 bits per heavy atom. The first-order valence-electron chi connectivity index (χ1n) is 5.17. The van der Waals surface area contributed by atoms with E-state index in [2.05, 4.69) is 37.1 Å². The van der Waals surface area contributed by atoms with E-state index < -0.39 is 0 Å². The highest BCUT2D eigenvalue weighted by Crippen LogP contribution is 2.35. The second-order valence-electron chi connectivity index (χ2n) is 4.15. The van der Waals surface area contributed by atoms with Crippen molar-refractivity contribution in [2.24, 2.45) is 0 Å². The summed E-state index contributed by atoms with van der Waals surface area (Å²) in [5.74, 6) is 0.619. The minimum absolute atomic E-state index is 0.239. The Balaban J connectivity index is 2.35. The van der Waals surface area contributed by atoms with Gasteiger partial charge in [-0.05, 0) is 23.6 Å². The number of hydrogen-bond donors (Lipinski definition) is 1. The fraction of sp³-hybridized carbons (Fsp3) is 0.500. The first kappa shape index (κ1) is 9.53. The molecule has 0 saturated carbocycles. The fourth-order valence-corrected chi connectivity index (χ4v) is 2.24. The lowest BCUT2D eigenvalue weighted by molar-refractivity contribution is 0.299. The number of fused-ring (bicyclic) bond motifs is 1. The second kappa shape index (κ2) is 3.62. The molecule has 0 amide bonds. The van der Waals surface area contributed by atoms with Crippen LogP contribution in [0.2, 0.25) is 0 Å². The summed E-state index contributed by atoms with van der Waals surface area (Å²) in [5.41, 5.74) is 4.02. The lowest BCUT2D eigenvalue weighted by Crippen LogP contribution is -2.13. The SMILES string of the molecule is CC1CN(C)c2ccc(CCO)cc21. The number of hydrogen-bond acceptors (Lipinski definition) is 2. The Hall–Kier alpha value is -1.02. The molecule has 1 aromatic carbocycles. The lowest BCUT2D eigenvalue weighted by Gasteiger charge is -2.11. The highest BCUT2D eigenvalue weighted by molar-refractivity contribution is 5.60. The number of rotatable bonds is 2. The number of likely N-dealkylation sites (N-methyl/N-ethyl adjacent to an activating group) is 1. The van der Waals surface area contributed by atoms with Crippen molar-refractivity contribution < 1.29 is 5.11 Å². The van der Waals surface area contributed by atoms with Crippen molar-refractivity contribution in [3.63, 3.8) is 0 Å². The highest BCUT2D eigenvalue weighted by Gasteiger charge is 2.22. The van der Waals surface area contributed by atoms with E-state index in [0.717, 1.165) is 13.0 Å². The molecule has 0 radical (unpaired) electrons. The summed E-state index contributed by atoms with van der Waals surface area (Å²) in [7, 11) is 2.13. The molecule has 2 heteroatoms. The maximum absolute atomic E-state index is 8.88. The molecule has 1 heterocycles. The lowest BCUT2D eigenvalue weighted by atomic mass is 10.00. The second-order valence-corrected chi connectivity index (χ2v) is 4.15. The molecule has 2 nitrogen and oxygen atoms in total. The molecule has 0 aliphatic carbocycles. The predicted molar refractivity (Wildman–Crippen MR) is 58.9 cm³/mol. The average Bonchev–Trinajstić information content (AvgIpc) is 2.43. The van der Waals surface area contributed by atoms with Crippen molar-refractivity contribution in [2.75, 3.05) is 25.1 Å². The van der Waals surface area contributed by atoms with Gasteiger partial charge in [0.05, 0.1) is 0 Å². The van der Waals surface area contributed by atoms with Crippen LogP contribution in [0.5, 0.6) is 0 Å². The molecule has 1 N–H and O–H groups in total. The van der Waals surface area contributed by atoms with Gasteiger partial charge in [-0.15, -0.1) is 0 Å². The summed E-state index contributed by atoms with van der Waals surface area (Å²) in [6, 6.07) is 6.52. The van der Waals surface area contributed by atoms with Gasteiger partial charge < -0.3 is 10.0 Å². The Morgan fingerprint density at radius 1 is 1.50 bits per heavy atom. The van der Waals surface area contributed by atoms with Crippen LogP contribution in [0.4, 0.5) is 5.69 Å². The van der Waals surface area contributed by atoms with Crippen molar-refractivity contribution in [3.05, 3.63) is 29.3 Å². The molecule has 1 aliphatic heterocycles. The van der Waals surface area contributed by atoms with Crippen LogP contribution in [0.1, 0.15) is 24.0 Å². The number of benzene rings is 1. The van der Waals surface area contributed by atoms with E-state index in [9.17, 15) is 0 Å². The molecule has 0 saturated heterocycles. The zero-order chi connectivity index (χ0) is 10.1. The van der Waals surface area contributed by atoms with E-state index >= 15 is 0 Å². The Labute approximate surface area is 85.2 Å². The van der Waals surface area contributed by atoms with Gasteiger partial charge in [-0.25, -0.2) is 0 Å². The number of aliphatic hydroxyl groups is 1. The zero-order valence-electron chi connectivity index (χ0n) is 8.83. The summed E-state index contributed by atoms with van der Waals surface area (Å²) in [4.78, 5) is 2.29. The molecule has 0 aromatic heterocycles. The summed E-state index contributed by atoms with van der Waals surface area (Å²) in [5, 5.41) is 8.88. The third-order valence-corrected chi connectivity index (χ3v) is 2.98. The molecule has 2 rings (SSSR count). The van der Waals surface area contributed by atoms with Crippen molar-refractivity contribution >= 4 is 5.69 Å². The van der Waals surface area contributed by atoms with Gasteiger partial charge in [0.25, 0.3) is 0 Å². The molecule has 0 fully saturated rings. The number of anilines is 1. The monoisotopic (exact) mass is 191 g/mol. The molecule has 1 unspecified atom stereocenters. The maximum atomic E-state index is 8.88. The van der Waals surface area contributed by atoms with Gasteiger partial charge in [0.2, 0.25) is 0 Å². The van der Waals surface area contributed by atoms with Gasteiger partial charge in [-0.1, -0.05) is 19.1 Å². The molecule has 0 bridgehead atoms. The van der Waals surface area contributed by atoms with Crippen LogP contribution >= 0.6 is 0 Å². The van der Waals surface area contributed by atoms with Gasteiger partial charge in [0, 0.05) is 31.8 Å². The third-order valence-electron chi connectivity index (χ3n) is 2.98. The van der Waals surface area contributed by atoms with E-state index in [1.54, 1.807) is 0 Å². The Bertz CT molecular complexity index is 335. The van der Waals surface area contributed by atoms with Crippen molar-refractivity contribution in [3.8, 4) is 0 Å². The van der Waals surface area contributed by atoms with Crippen LogP contribution in [0.15, 0.2) is 18.2 Å². The average molecular weight is 191 g/mol. The molecule has 76 valence electrons. The van der Waals surface area contributed by atoms with E-state index in [1.807, 2.05) is 0 Å². The quantitative estimate of drug-likeness (QED) is 0.770. The number of nitrogens with zero attached hydrogens (tertiary/aromatic N) is 1. The minimum Gasteiger partial charge on any atom is -0.396 e. The van der Waals surface area contributed by atoms with Crippen LogP contribution in [0.3, 0.4) is 0 Å². The highest BCUT2D eigenvalue weighted by atomic mass is 16.2. The summed E-state index contributed by atoms with van der Waals surface area (Å²) in [6.07, 6.45) is 0.768. The van der Waals surface area contributed by atoms with Gasteiger partial charge in [-0.3, -0.25) is 0 Å². The molecule has 0 spiro atoms. The zero-order valence-corrected chi connectivity index (χ0v) is 8.83. The van der Waals surface area contributed by atoms with Crippen molar-refractivity contribution in [2.45, 2.75) is 19.3 Å². The summed E-state index contributed by atoms with van der Waals surface area (Å²) < 4.78 is 0. The van der Waals surface area contributed by atoms with Crippen LogP contribution in [0.25, 0.3) is 0 Å². The van der Waals surface area contributed by atoms with E-state index in [-0.39, 0.29) is 6.61 Å². The van der Waals surface area contributed by atoms with Crippen LogP contribution in [0, 0.1) is 0 Å². The van der Waals surface area contributed by atoms with Crippen molar-refractivity contribution in [1.82, 2.24) is 0 Å². The smallest absolute Gasteiger partial charge is 0.0471 e. The largest absolute Gasteiger partial charge is 0.396 e. The van der Waals surface area contributed by atoms with Gasteiger partial charge in [0.1, 0.15) is 0 Å². The van der Waals surface area contributed by atoms with Gasteiger partial charge in [0.15, 0.2) is 0 Å². The first-order chi connectivity index (χ1) is 6.72. The van der Waals surface area contributed by atoms with Gasteiger partial charge in [-0.2, -0.15) is 0 Å². The molecule has 1 aromatic rings. The number of aliphatic hydroxyl groups excluding tert-OH is 1. The predicted octanol–water partition coefficient (Wildman–Crippen LogP) is 1.77. The molecular formula is C12H17NO. The van der Waals surface area contributed by atoms with Crippen LogP contribution < -0.4 is 4.90 Å². The van der Waals surface area contributed by atoms with E-state index in [1.165, 1.54) is 16.8 Å². The normalized spacial score (nSPS) is 19.9. The topological polar surface area (TPSA) is 23.5 Å². The molecular weight excluding hydrogens is 174 g/mol. The summed E-state index contributed by atoms with van der Waals surface area (Å²) in [6.45, 7) is 3.60. The molecule has 1 aliphatic rings. The standard InChI is InChI=1S/C12H17NO/c1-9-8-13(2)12-4-3-10(5-6-14)7-11(9)12/h3-4,7,9,14H,5-6,8H2,1-2H3. The van der Waals surface area contributed by atoms with Crippen LogP contribution in [-0.2, 0) is 6.42 Å². The maximum Gasteiger partial charge on any atom is 0.0471 e. The first-order valence-corrected chi connectivity index (χ1v) is 5.17. The third kappa shape index (κ3) is 1.50. The fourth-order valence-electron chi connectivity index (χ4n) is 2.24. The van der Waals surface area contributed by atoms with E-state index in [4.69, 9.17) is 5.11 Å².